The van der Waals surface area contributed by atoms with Crippen molar-refractivity contribution in [1.82, 2.24) is 0 Å². The first kappa shape index (κ1) is 13.2. The number of anilines is 1. The van der Waals surface area contributed by atoms with E-state index in [4.69, 9.17) is 21.3 Å². The van der Waals surface area contributed by atoms with Crippen LogP contribution in [0.1, 0.15) is 12.8 Å². The zero-order chi connectivity index (χ0) is 13.3. The number of aliphatic imine (C=N–C) groups is 1. The molecule has 0 unspecified atom stereocenters. The van der Waals surface area contributed by atoms with Gasteiger partial charge in [-0.3, -0.25) is 4.99 Å². The van der Waals surface area contributed by atoms with Gasteiger partial charge in [-0.05, 0) is 25.0 Å². The number of rotatable bonds is 1. The highest BCUT2D eigenvalue weighted by atomic mass is 35.5. The first-order chi connectivity index (χ1) is 9.19. The number of thioether (sulfide) groups is 1. The van der Waals surface area contributed by atoms with Gasteiger partial charge in [0.25, 0.3) is 0 Å². The van der Waals surface area contributed by atoms with Crippen molar-refractivity contribution >= 4 is 34.2 Å². The molecule has 3 nitrogen and oxygen atoms in total. The van der Waals surface area contributed by atoms with Crippen LogP contribution in [0.5, 0.6) is 0 Å². The van der Waals surface area contributed by atoms with Gasteiger partial charge in [-0.15, -0.1) is 0 Å². The maximum absolute atomic E-state index is 13.7. The van der Waals surface area contributed by atoms with Crippen molar-refractivity contribution in [3.05, 3.63) is 29.0 Å². The summed E-state index contributed by atoms with van der Waals surface area (Å²) in [5.41, 5.74) is 0.266. The van der Waals surface area contributed by atoms with Crippen molar-refractivity contribution in [2.45, 2.75) is 18.4 Å². The topological polar surface area (TPSA) is 33.6 Å². The number of halogens is 2. The van der Waals surface area contributed by atoms with E-state index in [0.717, 1.165) is 37.0 Å². The van der Waals surface area contributed by atoms with Crippen molar-refractivity contribution < 1.29 is 9.13 Å². The zero-order valence-corrected chi connectivity index (χ0v) is 11.9. The lowest BCUT2D eigenvalue weighted by Crippen LogP contribution is -2.34. The van der Waals surface area contributed by atoms with E-state index in [0.29, 0.717) is 10.7 Å². The molecule has 6 heteroatoms. The first-order valence-electron chi connectivity index (χ1n) is 6.20. The smallest absolute Gasteiger partial charge is 0.161 e. The number of benzene rings is 1. The average Bonchev–Trinajstić information content (AvgIpc) is 2.78. The predicted molar refractivity (Wildman–Crippen MR) is 77.7 cm³/mol. The minimum Gasteiger partial charge on any atom is -0.381 e. The molecule has 1 fully saturated rings. The molecule has 0 saturated carbocycles. The fraction of sp³-hybridized carbons (Fsp3) is 0.462. The Morgan fingerprint density at radius 1 is 1.37 bits per heavy atom. The Balaban J connectivity index is 1.79. The minimum absolute atomic E-state index is 0.0387. The first-order valence-corrected chi connectivity index (χ1v) is 7.56. The number of nitrogens with zero attached hydrogens (tertiary/aromatic N) is 1. The molecule has 1 N–H and O–H groups in total. The number of para-hydroxylation sites is 1. The fourth-order valence-corrected chi connectivity index (χ4v) is 3.68. The maximum Gasteiger partial charge on any atom is 0.161 e. The maximum atomic E-state index is 13.7. The molecule has 0 amide bonds. The lowest BCUT2D eigenvalue weighted by Gasteiger charge is -2.29. The molecule has 0 bridgehead atoms. The third-order valence-electron chi connectivity index (χ3n) is 3.43. The van der Waals surface area contributed by atoms with E-state index in [1.54, 1.807) is 23.9 Å². The van der Waals surface area contributed by atoms with E-state index < -0.39 is 0 Å². The molecule has 2 heterocycles. The van der Waals surface area contributed by atoms with E-state index in [9.17, 15) is 4.39 Å². The van der Waals surface area contributed by atoms with Crippen LogP contribution in [0.4, 0.5) is 10.1 Å². The summed E-state index contributed by atoms with van der Waals surface area (Å²) in [6, 6.07) is 4.64. The monoisotopic (exact) mass is 300 g/mol. The minimum atomic E-state index is -0.358. The molecule has 3 rings (SSSR count). The lowest BCUT2D eigenvalue weighted by atomic mass is 9.93. The van der Waals surface area contributed by atoms with E-state index in [1.807, 2.05) is 0 Å². The number of amidine groups is 1. The van der Waals surface area contributed by atoms with E-state index >= 15 is 0 Å². The van der Waals surface area contributed by atoms with Gasteiger partial charge in [-0.2, -0.15) is 0 Å². The number of hydrogen-bond acceptors (Lipinski definition) is 4. The SMILES string of the molecule is Fc1cccc(Cl)c1NC1=NC2(CCOCC2)CS1. The van der Waals surface area contributed by atoms with Gasteiger partial charge in [0.1, 0.15) is 5.82 Å². The van der Waals surface area contributed by atoms with Crippen molar-refractivity contribution in [2.24, 2.45) is 4.99 Å². The van der Waals surface area contributed by atoms with Crippen LogP contribution in [-0.2, 0) is 4.74 Å². The van der Waals surface area contributed by atoms with Gasteiger partial charge in [0, 0.05) is 19.0 Å². The summed E-state index contributed by atoms with van der Waals surface area (Å²) in [5, 5.41) is 4.13. The van der Waals surface area contributed by atoms with Crippen LogP contribution in [0.15, 0.2) is 23.2 Å². The number of ether oxygens (including phenoxy) is 1. The van der Waals surface area contributed by atoms with Gasteiger partial charge in [-0.1, -0.05) is 29.4 Å². The lowest BCUT2D eigenvalue weighted by molar-refractivity contribution is 0.0624. The third kappa shape index (κ3) is 2.73. The molecule has 2 aliphatic rings. The van der Waals surface area contributed by atoms with Gasteiger partial charge < -0.3 is 10.1 Å². The molecule has 1 aromatic rings. The van der Waals surface area contributed by atoms with Crippen LogP contribution in [-0.4, -0.2) is 29.7 Å². The summed E-state index contributed by atoms with van der Waals surface area (Å²) < 4.78 is 19.1. The second kappa shape index (κ2) is 5.31. The highest BCUT2D eigenvalue weighted by molar-refractivity contribution is 8.14. The Bertz CT molecular complexity index is 497. The Hall–Kier alpha value is -0.780. The molecule has 1 saturated heterocycles. The molecule has 0 aromatic heterocycles. The zero-order valence-electron chi connectivity index (χ0n) is 10.3. The van der Waals surface area contributed by atoms with Crippen molar-refractivity contribution in [2.75, 3.05) is 24.3 Å². The molecule has 0 aliphatic carbocycles. The summed E-state index contributed by atoms with van der Waals surface area (Å²) in [7, 11) is 0. The molecule has 1 aromatic carbocycles. The van der Waals surface area contributed by atoms with Crippen molar-refractivity contribution in [1.29, 1.82) is 0 Å². The normalized spacial score (nSPS) is 21.5. The second-order valence-electron chi connectivity index (χ2n) is 4.76. The van der Waals surface area contributed by atoms with E-state index in [1.165, 1.54) is 6.07 Å². The van der Waals surface area contributed by atoms with Crippen LogP contribution < -0.4 is 5.32 Å². The van der Waals surface area contributed by atoms with Gasteiger partial charge in [0.15, 0.2) is 5.17 Å². The second-order valence-corrected chi connectivity index (χ2v) is 6.14. The highest BCUT2D eigenvalue weighted by Gasteiger charge is 2.37. The Morgan fingerprint density at radius 3 is 2.89 bits per heavy atom. The van der Waals surface area contributed by atoms with Gasteiger partial charge in [0.05, 0.1) is 16.2 Å². The fourth-order valence-electron chi connectivity index (χ4n) is 2.28. The standard InChI is InChI=1S/C13H14ClFN2OS/c14-9-2-1-3-10(15)11(9)16-12-17-13(8-19-12)4-6-18-7-5-13/h1-3H,4-8H2,(H,16,17). The van der Waals surface area contributed by atoms with E-state index in [-0.39, 0.29) is 11.4 Å². The molecule has 0 atom stereocenters. The molecular formula is C13H14ClFN2OS. The number of hydrogen-bond donors (Lipinski definition) is 1. The molecule has 102 valence electrons. The Kier molecular flexibility index (Phi) is 3.69. The molecule has 19 heavy (non-hydrogen) atoms. The number of nitrogens with one attached hydrogen (secondary N) is 1. The molecule has 2 aliphatic heterocycles. The van der Waals surface area contributed by atoms with Crippen LogP contribution in [0.2, 0.25) is 5.02 Å². The Morgan fingerprint density at radius 2 is 2.16 bits per heavy atom. The van der Waals surface area contributed by atoms with E-state index in [2.05, 4.69) is 5.32 Å². The van der Waals surface area contributed by atoms with Crippen molar-refractivity contribution in [3.8, 4) is 0 Å². The Labute approximate surface area is 120 Å². The molecule has 1 spiro atoms. The molecule has 0 radical (unpaired) electrons. The van der Waals surface area contributed by atoms with Crippen LogP contribution in [0.3, 0.4) is 0 Å². The van der Waals surface area contributed by atoms with Crippen LogP contribution in [0, 0.1) is 5.82 Å². The highest BCUT2D eigenvalue weighted by Crippen LogP contribution is 2.37. The summed E-state index contributed by atoms with van der Waals surface area (Å²) in [4.78, 5) is 4.72. The summed E-state index contributed by atoms with van der Waals surface area (Å²) >= 11 is 7.62. The average molecular weight is 301 g/mol. The predicted octanol–water partition coefficient (Wildman–Crippen LogP) is 3.54. The largest absolute Gasteiger partial charge is 0.381 e. The summed E-state index contributed by atoms with van der Waals surface area (Å²) in [6.07, 6.45) is 1.85. The van der Waals surface area contributed by atoms with Crippen molar-refractivity contribution in [3.63, 3.8) is 0 Å². The third-order valence-corrected chi connectivity index (χ3v) is 4.90. The van der Waals surface area contributed by atoms with Gasteiger partial charge in [-0.25, -0.2) is 4.39 Å². The summed E-state index contributed by atoms with van der Waals surface area (Å²) in [6.45, 7) is 1.50. The van der Waals surface area contributed by atoms with Crippen LogP contribution >= 0.6 is 23.4 Å². The molecular weight excluding hydrogens is 287 g/mol. The quantitative estimate of drug-likeness (QED) is 0.861. The summed E-state index contributed by atoms with van der Waals surface area (Å²) in [5.74, 6) is 0.564. The van der Waals surface area contributed by atoms with Gasteiger partial charge >= 0.3 is 0 Å². The van der Waals surface area contributed by atoms with Gasteiger partial charge in [0.2, 0.25) is 0 Å². The van der Waals surface area contributed by atoms with Crippen LogP contribution in [0.25, 0.3) is 0 Å².